The summed E-state index contributed by atoms with van der Waals surface area (Å²) in [4.78, 5) is 12.0. The number of hydrogen-bond donors (Lipinski definition) is 2. The molecule has 0 amide bonds. The van der Waals surface area contributed by atoms with Crippen LogP contribution in [0.15, 0.2) is 42.5 Å². The number of carbonyl (C=O) groups is 1. The molecule has 24 heavy (non-hydrogen) atoms. The van der Waals surface area contributed by atoms with Gasteiger partial charge in [0.1, 0.15) is 0 Å². The summed E-state index contributed by atoms with van der Waals surface area (Å²) in [6.45, 7) is 2.29. The van der Waals surface area contributed by atoms with Gasteiger partial charge in [0.25, 0.3) is 0 Å². The molecule has 124 valence electrons. The Kier molecular flexibility index (Phi) is 4.81. The van der Waals surface area contributed by atoms with Gasteiger partial charge in [0, 0.05) is 11.8 Å². The van der Waals surface area contributed by atoms with Crippen LogP contribution >= 0.6 is 12.2 Å². The Hall–Kier alpha value is -2.80. The van der Waals surface area contributed by atoms with Crippen molar-refractivity contribution in [3.05, 3.63) is 48.0 Å². The minimum absolute atomic E-state index is 0.217. The van der Waals surface area contributed by atoms with Crippen LogP contribution in [0.2, 0.25) is 0 Å². The number of nitrogens with one attached hydrogen (secondary N) is 2. The van der Waals surface area contributed by atoms with E-state index in [2.05, 4.69) is 10.6 Å². The first kappa shape index (κ1) is 16.1. The summed E-state index contributed by atoms with van der Waals surface area (Å²) in [6.07, 6.45) is 0. The van der Waals surface area contributed by atoms with Gasteiger partial charge < -0.3 is 24.8 Å². The lowest BCUT2D eigenvalue weighted by molar-refractivity contribution is 0.0527. The highest BCUT2D eigenvalue weighted by molar-refractivity contribution is 7.80. The van der Waals surface area contributed by atoms with Crippen molar-refractivity contribution in [3.63, 3.8) is 0 Å². The third-order valence-corrected chi connectivity index (χ3v) is 3.51. The van der Waals surface area contributed by atoms with Crippen LogP contribution in [0, 0.1) is 0 Å². The molecule has 0 aliphatic carbocycles. The lowest BCUT2D eigenvalue weighted by Crippen LogP contribution is -2.21. The number of benzene rings is 2. The van der Waals surface area contributed by atoms with Gasteiger partial charge in [0.2, 0.25) is 6.79 Å². The van der Waals surface area contributed by atoms with E-state index in [1.54, 1.807) is 37.3 Å². The number of anilines is 2. The Morgan fingerprint density at radius 1 is 1.17 bits per heavy atom. The third kappa shape index (κ3) is 3.57. The molecule has 0 spiro atoms. The molecule has 0 atom stereocenters. The van der Waals surface area contributed by atoms with Gasteiger partial charge in [-0.25, -0.2) is 4.79 Å². The van der Waals surface area contributed by atoms with E-state index in [1.165, 1.54) is 0 Å². The number of para-hydroxylation sites is 1. The number of fused-ring (bicyclic) bond motifs is 1. The fraction of sp³-hybridized carbons (Fsp3) is 0.176. The summed E-state index contributed by atoms with van der Waals surface area (Å²) in [5, 5.41) is 6.42. The molecule has 1 aliphatic heterocycles. The minimum Gasteiger partial charge on any atom is -0.462 e. The molecule has 3 rings (SSSR count). The fourth-order valence-corrected chi connectivity index (χ4v) is 2.47. The van der Waals surface area contributed by atoms with Gasteiger partial charge in [-0.2, -0.15) is 0 Å². The first-order valence-corrected chi connectivity index (χ1v) is 7.82. The second kappa shape index (κ2) is 7.18. The maximum Gasteiger partial charge on any atom is 0.340 e. The second-order valence-electron chi connectivity index (χ2n) is 4.91. The Balaban J connectivity index is 1.70. The van der Waals surface area contributed by atoms with Crippen LogP contribution in [-0.2, 0) is 4.74 Å². The standard InChI is InChI=1S/C17H16N2O4S/c1-2-21-16(20)12-5-3-4-6-13(12)19-17(24)18-11-7-8-14-15(9-11)23-10-22-14/h3-9H,2,10H2,1H3,(H2,18,19,24). The van der Waals surface area contributed by atoms with Crippen molar-refractivity contribution in [3.8, 4) is 11.5 Å². The lowest BCUT2D eigenvalue weighted by Gasteiger charge is -2.13. The molecule has 0 saturated heterocycles. The smallest absolute Gasteiger partial charge is 0.340 e. The van der Waals surface area contributed by atoms with E-state index in [1.807, 2.05) is 12.1 Å². The van der Waals surface area contributed by atoms with E-state index in [9.17, 15) is 4.79 Å². The Morgan fingerprint density at radius 3 is 2.79 bits per heavy atom. The first-order valence-electron chi connectivity index (χ1n) is 7.41. The van der Waals surface area contributed by atoms with Gasteiger partial charge in [-0.15, -0.1) is 0 Å². The molecular formula is C17H16N2O4S. The van der Waals surface area contributed by atoms with Crippen LogP contribution < -0.4 is 20.1 Å². The van der Waals surface area contributed by atoms with Gasteiger partial charge >= 0.3 is 5.97 Å². The molecule has 1 heterocycles. The Bertz CT molecular complexity index is 779. The van der Waals surface area contributed by atoms with E-state index in [0.717, 1.165) is 5.69 Å². The monoisotopic (exact) mass is 344 g/mol. The van der Waals surface area contributed by atoms with Crippen molar-refractivity contribution in [1.29, 1.82) is 0 Å². The second-order valence-corrected chi connectivity index (χ2v) is 5.32. The summed E-state index contributed by atoms with van der Waals surface area (Å²) >= 11 is 5.31. The summed E-state index contributed by atoms with van der Waals surface area (Å²) in [6, 6.07) is 12.5. The van der Waals surface area contributed by atoms with Crippen LogP contribution in [0.4, 0.5) is 11.4 Å². The predicted molar refractivity (Wildman–Crippen MR) is 94.8 cm³/mol. The molecule has 7 heteroatoms. The van der Waals surface area contributed by atoms with Gasteiger partial charge in [-0.1, -0.05) is 12.1 Å². The van der Waals surface area contributed by atoms with Crippen molar-refractivity contribution in [2.24, 2.45) is 0 Å². The topological polar surface area (TPSA) is 68.8 Å². The maximum absolute atomic E-state index is 12.0. The lowest BCUT2D eigenvalue weighted by atomic mass is 10.2. The van der Waals surface area contributed by atoms with E-state index in [0.29, 0.717) is 34.5 Å². The zero-order valence-electron chi connectivity index (χ0n) is 13.0. The third-order valence-electron chi connectivity index (χ3n) is 3.30. The number of esters is 1. The van der Waals surface area contributed by atoms with Gasteiger partial charge in [0.15, 0.2) is 16.6 Å². The van der Waals surface area contributed by atoms with Crippen LogP contribution in [0.3, 0.4) is 0 Å². The van der Waals surface area contributed by atoms with Crippen LogP contribution in [0.25, 0.3) is 0 Å². The van der Waals surface area contributed by atoms with E-state index < -0.39 is 5.97 Å². The molecule has 6 nitrogen and oxygen atoms in total. The van der Waals surface area contributed by atoms with Crippen LogP contribution in [0.5, 0.6) is 11.5 Å². The highest BCUT2D eigenvalue weighted by Gasteiger charge is 2.15. The molecule has 0 bridgehead atoms. The zero-order chi connectivity index (χ0) is 16.9. The quantitative estimate of drug-likeness (QED) is 0.651. The number of ether oxygens (including phenoxy) is 3. The van der Waals surface area contributed by atoms with E-state index in [-0.39, 0.29) is 6.79 Å². The average Bonchev–Trinajstić information content (AvgIpc) is 3.03. The Labute approximate surface area is 144 Å². The number of carbonyl (C=O) groups excluding carboxylic acids is 1. The van der Waals surface area contributed by atoms with Gasteiger partial charge in [-0.3, -0.25) is 0 Å². The molecular weight excluding hydrogens is 328 g/mol. The molecule has 0 fully saturated rings. The molecule has 0 radical (unpaired) electrons. The summed E-state index contributed by atoms with van der Waals surface area (Å²) < 4.78 is 15.6. The normalized spacial score (nSPS) is 11.7. The number of rotatable bonds is 4. The van der Waals surface area contributed by atoms with Crippen LogP contribution in [-0.4, -0.2) is 24.5 Å². The first-order chi connectivity index (χ1) is 11.7. The highest BCUT2D eigenvalue weighted by Crippen LogP contribution is 2.34. The molecule has 2 N–H and O–H groups in total. The molecule has 2 aromatic carbocycles. The van der Waals surface area contributed by atoms with Gasteiger partial charge in [-0.05, 0) is 43.4 Å². The van der Waals surface area contributed by atoms with Crippen molar-refractivity contribution in [2.45, 2.75) is 6.92 Å². The average molecular weight is 344 g/mol. The van der Waals surface area contributed by atoms with Crippen LogP contribution in [0.1, 0.15) is 17.3 Å². The number of hydrogen-bond acceptors (Lipinski definition) is 5. The summed E-state index contributed by atoms with van der Waals surface area (Å²) in [5.74, 6) is 0.966. The minimum atomic E-state index is -0.397. The highest BCUT2D eigenvalue weighted by atomic mass is 32.1. The molecule has 0 unspecified atom stereocenters. The van der Waals surface area contributed by atoms with Crippen molar-refractivity contribution in [2.75, 3.05) is 24.0 Å². The largest absolute Gasteiger partial charge is 0.462 e. The van der Waals surface area contributed by atoms with E-state index in [4.69, 9.17) is 26.4 Å². The zero-order valence-corrected chi connectivity index (χ0v) is 13.8. The molecule has 0 aromatic heterocycles. The number of thiocarbonyl (C=S) groups is 1. The Morgan fingerprint density at radius 2 is 1.96 bits per heavy atom. The fourth-order valence-electron chi connectivity index (χ4n) is 2.24. The predicted octanol–water partition coefficient (Wildman–Crippen LogP) is 3.40. The van der Waals surface area contributed by atoms with Crippen molar-refractivity contribution < 1.29 is 19.0 Å². The molecule has 2 aromatic rings. The molecule has 0 saturated carbocycles. The van der Waals surface area contributed by atoms with E-state index >= 15 is 0 Å². The summed E-state index contributed by atoms with van der Waals surface area (Å²) in [5.41, 5.74) is 1.76. The summed E-state index contributed by atoms with van der Waals surface area (Å²) in [7, 11) is 0. The van der Waals surface area contributed by atoms with Crippen molar-refractivity contribution in [1.82, 2.24) is 0 Å². The SMILES string of the molecule is CCOC(=O)c1ccccc1NC(=S)Nc1ccc2c(c1)OCO2. The van der Waals surface area contributed by atoms with Crippen molar-refractivity contribution >= 4 is 34.7 Å². The molecule has 1 aliphatic rings. The maximum atomic E-state index is 12.0. The van der Waals surface area contributed by atoms with Gasteiger partial charge in [0.05, 0.1) is 17.9 Å².